The Morgan fingerprint density at radius 2 is 1.47 bits per heavy atom. The molecular formula is C33H32ClN3O5S. The average molecular weight is 618 g/mol. The third kappa shape index (κ3) is 7.63. The van der Waals surface area contributed by atoms with Crippen molar-refractivity contribution >= 4 is 56.3 Å². The zero-order valence-corrected chi connectivity index (χ0v) is 25.4. The molecule has 8 nitrogen and oxygen atoms in total. The molecule has 4 aromatic rings. The van der Waals surface area contributed by atoms with E-state index in [2.05, 4.69) is 30.6 Å². The highest BCUT2D eigenvalue weighted by Gasteiger charge is 2.28. The second-order valence-corrected chi connectivity index (χ2v) is 12.0. The number of ether oxygens (including phenoxy) is 1. The summed E-state index contributed by atoms with van der Waals surface area (Å²) < 4.78 is 33.4. The van der Waals surface area contributed by atoms with Gasteiger partial charge in [0.15, 0.2) is 6.61 Å². The number of anilines is 4. The highest BCUT2D eigenvalue weighted by Crippen LogP contribution is 2.30. The molecule has 0 unspecified atom stereocenters. The highest BCUT2D eigenvalue weighted by molar-refractivity contribution is 7.93. The van der Waals surface area contributed by atoms with E-state index in [0.29, 0.717) is 11.4 Å². The Morgan fingerprint density at radius 1 is 0.884 bits per heavy atom. The van der Waals surface area contributed by atoms with E-state index in [1.54, 1.807) is 42.5 Å². The lowest BCUT2D eigenvalue weighted by atomic mass is 10.2. The minimum atomic E-state index is -4.17. The number of benzene rings is 4. The fraction of sp³-hybridized carbons (Fsp3) is 0.152. The maximum Gasteiger partial charge on any atom is 0.338 e. The molecule has 0 aliphatic rings. The molecule has 0 aliphatic carbocycles. The molecule has 1 N–H and O–H groups in total. The summed E-state index contributed by atoms with van der Waals surface area (Å²) in [4.78, 5) is 27.3. The van der Waals surface area contributed by atoms with Crippen LogP contribution in [0.4, 0.5) is 22.7 Å². The standard InChI is InChI=1S/C33H32ClN3O5S/c1-4-21-36(27-11-7-5-8-12-27)43(40,41)31-22-25(15-20-30(31)34)33(39)42-23-32(38)35-26-16-18-29(19-17-26)37(24(2)3)28-13-9-6-10-14-28/h4-20,22,24H,1,21,23H2,2-3H3,(H,35,38). The van der Waals surface area contributed by atoms with E-state index in [0.717, 1.165) is 21.7 Å². The highest BCUT2D eigenvalue weighted by atomic mass is 35.5. The Bertz CT molecular complexity index is 1680. The third-order valence-corrected chi connectivity index (χ3v) is 8.66. The van der Waals surface area contributed by atoms with Gasteiger partial charge in [-0.3, -0.25) is 9.10 Å². The van der Waals surface area contributed by atoms with Crippen molar-refractivity contribution in [3.8, 4) is 0 Å². The molecule has 0 radical (unpaired) electrons. The number of nitrogens with zero attached hydrogens (tertiary/aromatic N) is 2. The van der Waals surface area contributed by atoms with Crippen molar-refractivity contribution in [2.75, 3.05) is 27.7 Å². The first-order valence-electron chi connectivity index (χ1n) is 13.5. The largest absolute Gasteiger partial charge is 0.452 e. The molecule has 222 valence electrons. The van der Waals surface area contributed by atoms with Crippen LogP contribution < -0.4 is 14.5 Å². The monoisotopic (exact) mass is 617 g/mol. The molecule has 4 aromatic carbocycles. The topological polar surface area (TPSA) is 96.0 Å². The number of halogens is 1. The first-order valence-corrected chi connectivity index (χ1v) is 15.3. The number of hydrogen-bond acceptors (Lipinski definition) is 6. The second-order valence-electron chi connectivity index (χ2n) is 9.78. The van der Waals surface area contributed by atoms with Gasteiger partial charge in [-0.1, -0.05) is 54.1 Å². The first-order chi connectivity index (χ1) is 20.6. The lowest BCUT2D eigenvalue weighted by Gasteiger charge is -2.29. The number of nitrogens with one attached hydrogen (secondary N) is 1. The molecule has 0 heterocycles. The molecule has 0 saturated carbocycles. The molecule has 0 spiro atoms. The van der Waals surface area contributed by atoms with Gasteiger partial charge in [-0.05, 0) is 80.6 Å². The third-order valence-electron chi connectivity index (χ3n) is 6.39. The van der Waals surface area contributed by atoms with Gasteiger partial charge in [0, 0.05) is 23.1 Å². The number of para-hydroxylation sites is 2. The molecule has 43 heavy (non-hydrogen) atoms. The zero-order chi connectivity index (χ0) is 31.0. The van der Waals surface area contributed by atoms with Crippen LogP contribution in [-0.4, -0.2) is 39.5 Å². The van der Waals surface area contributed by atoms with Crippen LogP contribution in [-0.2, 0) is 19.6 Å². The number of hydrogen-bond donors (Lipinski definition) is 1. The Balaban J connectivity index is 1.42. The summed E-state index contributed by atoms with van der Waals surface area (Å²) in [7, 11) is -4.17. The quantitative estimate of drug-likeness (QED) is 0.135. The van der Waals surface area contributed by atoms with Crippen molar-refractivity contribution in [2.45, 2.75) is 24.8 Å². The van der Waals surface area contributed by atoms with Gasteiger partial charge in [-0.15, -0.1) is 6.58 Å². The number of carbonyl (C=O) groups is 2. The van der Waals surface area contributed by atoms with E-state index >= 15 is 0 Å². The van der Waals surface area contributed by atoms with Gasteiger partial charge in [0.1, 0.15) is 4.90 Å². The molecule has 0 bridgehead atoms. The molecule has 0 aliphatic heterocycles. The Morgan fingerprint density at radius 3 is 2.05 bits per heavy atom. The van der Waals surface area contributed by atoms with Crippen LogP contribution in [0.5, 0.6) is 0 Å². The maximum absolute atomic E-state index is 13.5. The van der Waals surface area contributed by atoms with E-state index in [1.807, 2.05) is 42.5 Å². The minimum Gasteiger partial charge on any atom is -0.452 e. The van der Waals surface area contributed by atoms with Gasteiger partial charge in [-0.2, -0.15) is 0 Å². The van der Waals surface area contributed by atoms with Gasteiger partial charge in [0.05, 0.1) is 22.8 Å². The molecule has 0 saturated heterocycles. The summed E-state index contributed by atoms with van der Waals surface area (Å²) >= 11 is 6.27. The van der Waals surface area contributed by atoms with Crippen LogP contribution in [0, 0.1) is 0 Å². The fourth-order valence-corrected chi connectivity index (χ4v) is 6.39. The van der Waals surface area contributed by atoms with Crippen molar-refractivity contribution in [2.24, 2.45) is 0 Å². The van der Waals surface area contributed by atoms with Crippen LogP contribution in [0.1, 0.15) is 24.2 Å². The van der Waals surface area contributed by atoms with E-state index in [4.69, 9.17) is 16.3 Å². The maximum atomic E-state index is 13.5. The van der Waals surface area contributed by atoms with Crippen LogP contribution >= 0.6 is 11.6 Å². The Labute approximate surface area is 257 Å². The summed E-state index contributed by atoms with van der Waals surface area (Å²) in [5.74, 6) is -1.42. The molecule has 0 fully saturated rings. The smallest absolute Gasteiger partial charge is 0.338 e. The number of esters is 1. The molecule has 0 aromatic heterocycles. The lowest BCUT2D eigenvalue weighted by Crippen LogP contribution is -2.31. The molecule has 10 heteroatoms. The van der Waals surface area contributed by atoms with Crippen LogP contribution in [0.25, 0.3) is 0 Å². The van der Waals surface area contributed by atoms with Crippen LogP contribution in [0.2, 0.25) is 5.02 Å². The molecule has 0 atom stereocenters. The summed E-state index contributed by atoms with van der Waals surface area (Å²) in [6.45, 7) is 7.26. The number of amides is 1. The fourth-order valence-electron chi connectivity index (χ4n) is 4.45. The van der Waals surface area contributed by atoms with Crippen molar-refractivity contribution in [3.63, 3.8) is 0 Å². The predicted molar refractivity (Wildman–Crippen MR) is 172 cm³/mol. The number of rotatable bonds is 12. The molecule has 4 rings (SSSR count). The number of sulfonamides is 1. The minimum absolute atomic E-state index is 0.0136. The van der Waals surface area contributed by atoms with Gasteiger partial charge in [0.25, 0.3) is 15.9 Å². The van der Waals surface area contributed by atoms with Crippen molar-refractivity contribution < 1.29 is 22.7 Å². The van der Waals surface area contributed by atoms with Crippen molar-refractivity contribution in [1.82, 2.24) is 0 Å². The summed E-state index contributed by atoms with van der Waals surface area (Å²) in [6.07, 6.45) is 1.45. The van der Waals surface area contributed by atoms with Crippen molar-refractivity contribution in [1.29, 1.82) is 0 Å². The predicted octanol–water partition coefficient (Wildman–Crippen LogP) is 7.06. The van der Waals surface area contributed by atoms with Gasteiger partial charge < -0.3 is 15.0 Å². The summed E-state index contributed by atoms with van der Waals surface area (Å²) in [5.41, 5.74) is 2.88. The van der Waals surface area contributed by atoms with Crippen LogP contribution in [0.15, 0.2) is 121 Å². The first kappa shape index (κ1) is 31.3. The lowest BCUT2D eigenvalue weighted by molar-refractivity contribution is -0.119. The van der Waals surface area contributed by atoms with E-state index < -0.39 is 28.5 Å². The van der Waals surface area contributed by atoms with E-state index in [1.165, 1.54) is 18.2 Å². The van der Waals surface area contributed by atoms with E-state index in [-0.39, 0.29) is 28.1 Å². The summed E-state index contributed by atoms with van der Waals surface area (Å²) in [6, 6.07) is 29.8. The van der Waals surface area contributed by atoms with Gasteiger partial charge in [0.2, 0.25) is 0 Å². The SMILES string of the molecule is C=CCN(c1ccccc1)S(=O)(=O)c1cc(C(=O)OCC(=O)Nc2ccc(N(c3ccccc3)C(C)C)cc2)ccc1Cl. The normalized spacial score (nSPS) is 11.1. The molecule has 1 amide bonds. The van der Waals surface area contributed by atoms with Crippen LogP contribution in [0.3, 0.4) is 0 Å². The Kier molecular flexibility index (Phi) is 10.2. The Hall–Kier alpha value is -4.60. The summed E-state index contributed by atoms with van der Waals surface area (Å²) in [5, 5.41) is 2.64. The average Bonchev–Trinajstić information content (AvgIpc) is 3.00. The van der Waals surface area contributed by atoms with E-state index in [9.17, 15) is 18.0 Å². The zero-order valence-electron chi connectivity index (χ0n) is 23.8. The number of carbonyl (C=O) groups excluding carboxylic acids is 2. The second kappa shape index (κ2) is 14.0. The van der Waals surface area contributed by atoms with Gasteiger partial charge >= 0.3 is 5.97 Å². The van der Waals surface area contributed by atoms with Gasteiger partial charge in [-0.25, -0.2) is 13.2 Å². The van der Waals surface area contributed by atoms with Crippen molar-refractivity contribution in [3.05, 3.63) is 126 Å². The molecular weight excluding hydrogens is 586 g/mol.